The van der Waals surface area contributed by atoms with Gasteiger partial charge in [0.15, 0.2) is 0 Å². The van der Waals surface area contributed by atoms with Crippen molar-refractivity contribution >= 4 is 23.8 Å². The molecule has 0 aromatic rings. The summed E-state index contributed by atoms with van der Waals surface area (Å²) in [5, 5.41) is 12.5. The van der Waals surface area contributed by atoms with Gasteiger partial charge in [-0.2, -0.15) is 0 Å². The smallest absolute Gasteiger partial charge is 0.315 e. The van der Waals surface area contributed by atoms with Gasteiger partial charge in [0.2, 0.25) is 17.7 Å². The highest BCUT2D eigenvalue weighted by Gasteiger charge is 2.25. The van der Waals surface area contributed by atoms with Crippen LogP contribution in [0.3, 0.4) is 0 Å². The summed E-state index contributed by atoms with van der Waals surface area (Å²) >= 11 is 0. The van der Waals surface area contributed by atoms with E-state index in [0.717, 1.165) is 0 Å². The van der Waals surface area contributed by atoms with Crippen molar-refractivity contribution in [3.63, 3.8) is 0 Å². The fourth-order valence-electron chi connectivity index (χ4n) is 1.84. The number of rotatable bonds is 11. The van der Waals surface area contributed by atoms with E-state index in [0.29, 0.717) is 18.8 Å². The van der Waals surface area contributed by atoms with Gasteiger partial charge in [0.1, 0.15) is 18.1 Å². The highest BCUT2D eigenvalue weighted by molar-refractivity contribution is 5.93. The number of carbonyl (C=O) groups is 4. The zero-order valence-corrected chi connectivity index (χ0v) is 15.3. The summed E-state index contributed by atoms with van der Waals surface area (Å²) in [7, 11) is 1.42. The lowest BCUT2D eigenvalue weighted by Crippen LogP contribution is -2.55. The van der Waals surface area contributed by atoms with Crippen LogP contribution < -0.4 is 38.1 Å². The molecule has 0 aromatic heterocycles. The lowest BCUT2D eigenvalue weighted by Gasteiger charge is -2.22. The number of nitrogens with two attached hydrogens (primary N) is 2. The van der Waals surface area contributed by atoms with Gasteiger partial charge < -0.3 is 38.1 Å². The molecule has 0 saturated heterocycles. The minimum absolute atomic E-state index is 0.274. The minimum Gasteiger partial charge on any atom is -0.386 e. The molecule has 9 N–H and O–H groups in total. The van der Waals surface area contributed by atoms with Crippen LogP contribution in [0.4, 0.5) is 4.79 Å². The van der Waals surface area contributed by atoms with Crippen LogP contribution in [-0.4, -0.2) is 55.5 Å². The monoisotopic (exact) mass is 371 g/mol. The lowest BCUT2D eigenvalue weighted by atomic mass is 10.1. The topological polar surface area (TPSA) is 180 Å². The van der Waals surface area contributed by atoms with Crippen LogP contribution >= 0.6 is 0 Å². The molecule has 0 radical (unpaired) electrons. The van der Waals surface area contributed by atoms with Crippen molar-refractivity contribution in [2.24, 2.45) is 11.5 Å². The number of urea groups is 1. The number of carbonyl (C=O) groups excluding carboxylic acids is 4. The van der Waals surface area contributed by atoms with E-state index in [1.807, 2.05) is 0 Å². The van der Waals surface area contributed by atoms with Gasteiger partial charge in [0, 0.05) is 13.6 Å². The summed E-state index contributed by atoms with van der Waals surface area (Å²) in [5.74, 6) is -1.50. The van der Waals surface area contributed by atoms with Gasteiger partial charge in [0.05, 0.1) is 5.82 Å². The number of hydrogen-bond acceptors (Lipinski definition) is 6. The van der Waals surface area contributed by atoms with Crippen molar-refractivity contribution < 1.29 is 19.2 Å². The standard InChI is InChI=1S/C15H29N7O4/c1-8(12(17)23)20-14(25)11(6-5-7-19-10(3)16)22-13(24)9(2)21-15(26)18-4/h8-9,11,19H,3,5-7,16H2,1-2,4H3,(H2,17,23)(H,20,25)(H,22,24)(H2,18,21,26)/t8-,9-,11-/m0/s1. The Balaban J connectivity index is 4.86. The van der Waals surface area contributed by atoms with E-state index >= 15 is 0 Å². The highest BCUT2D eigenvalue weighted by Crippen LogP contribution is 2.00. The molecule has 0 rings (SSSR count). The number of hydrogen-bond donors (Lipinski definition) is 7. The number of nitrogens with one attached hydrogen (secondary N) is 5. The predicted octanol–water partition coefficient (Wildman–Crippen LogP) is -2.42. The molecule has 5 amide bonds. The maximum Gasteiger partial charge on any atom is 0.315 e. The highest BCUT2D eigenvalue weighted by atomic mass is 16.2. The third-order valence-corrected chi connectivity index (χ3v) is 3.41. The van der Waals surface area contributed by atoms with Crippen LogP contribution in [0.25, 0.3) is 0 Å². The van der Waals surface area contributed by atoms with Gasteiger partial charge in [0.25, 0.3) is 0 Å². The van der Waals surface area contributed by atoms with Crippen molar-refractivity contribution in [3.8, 4) is 0 Å². The molecular formula is C15H29N7O4. The average molecular weight is 371 g/mol. The van der Waals surface area contributed by atoms with Gasteiger partial charge >= 0.3 is 6.03 Å². The van der Waals surface area contributed by atoms with Crippen molar-refractivity contribution in [2.45, 2.75) is 44.8 Å². The number of primary amides is 1. The van der Waals surface area contributed by atoms with Crippen molar-refractivity contribution in [1.82, 2.24) is 26.6 Å². The van der Waals surface area contributed by atoms with Crippen molar-refractivity contribution in [3.05, 3.63) is 12.4 Å². The molecule has 26 heavy (non-hydrogen) atoms. The maximum absolute atomic E-state index is 12.3. The van der Waals surface area contributed by atoms with Gasteiger partial charge in [-0.3, -0.25) is 14.4 Å². The number of amides is 5. The van der Waals surface area contributed by atoms with E-state index in [1.54, 1.807) is 0 Å². The molecule has 0 fully saturated rings. The lowest BCUT2D eigenvalue weighted by molar-refractivity contribution is -0.131. The summed E-state index contributed by atoms with van der Waals surface area (Å²) < 4.78 is 0. The van der Waals surface area contributed by atoms with Crippen LogP contribution in [0.2, 0.25) is 0 Å². The molecule has 0 aromatic carbocycles. The Morgan fingerprint density at radius 3 is 2.08 bits per heavy atom. The van der Waals surface area contributed by atoms with Gasteiger partial charge in [-0.05, 0) is 26.7 Å². The molecule has 3 atom stereocenters. The molecule has 0 unspecified atom stereocenters. The average Bonchev–Trinajstić information content (AvgIpc) is 2.56. The zero-order chi connectivity index (χ0) is 20.3. The maximum atomic E-state index is 12.3. The normalized spacial score (nSPS) is 13.5. The molecule has 11 nitrogen and oxygen atoms in total. The second-order valence-electron chi connectivity index (χ2n) is 5.73. The fourth-order valence-corrected chi connectivity index (χ4v) is 1.84. The largest absolute Gasteiger partial charge is 0.386 e. The van der Waals surface area contributed by atoms with Gasteiger partial charge in [-0.15, -0.1) is 0 Å². The summed E-state index contributed by atoms with van der Waals surface area (Å²) in [5.41, 5.74) is 10.5. The van der Waals surface area contributed by atoms with E-state index in [1.165, 1.54) is 20.9 Å². The summed E-state index contributed by atoms with van der Waals surface area (Å²) in [6.45, 7) is 6.86. The first-order valence-corrected chi connectivity index (χ1v) is 8.15. The Morgan fingerprint density at radius 1 is 0.962 bits per heavy atom. The van der Waals surface area contributed by atoms with Gasteiger partial charge in [-0.25, -0.2) is 4.79 Å². The molecular weight excluding hydrogens is 342 g/mol. The molecule has 0 aliphatic heterocycles. The summed E-state index contributed by atoms with van der Waals surface area (Å²) in [4.78, 5) is 46.9. The van der Waals surface area contributed by atoms with E-state index in [9.17, 15) is 19.2 Å². The summed E-state index contributed by atoms with van der Waals surface area (Å²) in [6, 6.07) is -3.18. The van der Waals surface area contributed by atoms with Crippen LogP contribution in [0.5, 0.6) is 0 Å². The molecule has 0 aliphatic rings. The first-order valence-electron chi connectivity index (χ1n) is 8.15. The zero-order valence-electron chi connectivity index (χ0n) is 15.3. The third kappa shape index (κ3) is 9.35. The first kappa shape index (κ1) is 23.0. The molecule has 11 heteroatoms. The van der Waals surface area contributed by atoms with E-state index in [4.69, 9.17) is 11.5 Å². The first-order chi connectivity index (χ1) is 12.1. The quantitative estimate of drug-likeness (QED) is 0.198. The van der Waals surface area contributed by atoms with Crippen LogP contribution in [0.1, 0.15) is 26.7 Å². The van der Waals surface area contributed by atoms with Crippen LogP contribution in [0, 0.1) is 0 Å². The fraction of sp³-hybridized carbons (Fsp3) is 0.600. The van der Waals surface area contributed by atoms with Gasteiger partial charge in [-0.1, -0.05) is 6.58 Å². The second kappa shape index (κ2) is 11.6. The van der Waals surface area contributed by atoms with Crippen molar-refractivity contribution in [2.75, 3.05) is 13.6 Å². The Kier molecular flexibility index (Phi) is 10.2. The molecule has 0 heterocycles. The third-order valence-electron chi connectivity index (χ3n) is 3.41. The van der Waals surface area contributed by atoms with Crippen molar-refractivity contribution in [1.29, 1.82) is 0 Å². The SMILES string of the molecule is C=C(N)NCCC[C@H](NC(=O)[C@H](C)NC(=O)NC)C(=O)N[C@@H](C)C(N)=O. The molecule has 0 bridgehead atoms. The molecule has 0 saturated carbocycles. The van der Waals surface area contributed by atoms with Crippen LogP contribution in [0.15, 0.2) is 12.4 Å². The van der Waals surface area contributed by atoms with E-state index < -0.39 is 41.9 Å². The Hall–Kier alpha value is -2.98. The molecule has 148 valence electrons. The molecule has 0 spiro atoms. The Labute approximate surface area is 152 Å². The Bertz CT molecular complexity index is 538. The summed E-state index contributed by atoms with van der Waals surface area (Å²) in [6.07, 6.45) is 0.771. The van der Waals surface area contributed by atoms with Crippen LogP contribution in [-0.2, 0) is 14.4 Å². The Morgan fingerprint density at radius 2 is 1.58 bits per heavy atom. The minimum atomic E-state index is -0.911. The predicted molar refractivity (Wildman–Crippen MR) is 96.3 cm³/mol. The second-order valence-corrected chi connectivity index (χ2v) is 5.73. The molecule has 0 aliphatic carbocycles. The van der Waals surface area contributed by atoms with E-state index in [-0.39, 0.29) is 6.42 Å². The van der Waals surface area contributed by atoms with E-state index in [2.05, 4.69) is 33.2 Å².